The van der Waals surface area contributed by atoms with E-state index < -0.39 is 11.8 Å². The molecule has 0 atom stereocenters. The lowest BCUT2D eigenvalue weighted by atomic mass is 10.0. The van der Waals surface area contributed by atoms with Gasteiger partial charge in [0.25, 0.3) is 11.8 Å². The van der Waals surface area contributed by atoms with Gasteiger partial charge in [0.2, 0.25) is 0 Å². The number of nitrogens with zero attached hydrogens (tertiary/aromatic N) is 1. The fourth-order valence-electron chi connectivity index (χ4n) is 3.27. The lowest BCUT2D eigenvalue weighted by Crippen LogP contribution is -2.30. The molecule has 1 heterocycles. The number of aromatic hydroxyl groups is 1. The summed E-state index contributed by atoms with van der Waals surface area (Å²) in [7, 11) is 1.50. The van der Waals surface area contributed by atoms with Crippen molar-refractivity contribution < 1.29 is 19.4 Å². The summed E-state index contributed by atoms with van der Waals surface area (Å²) in [4.78, 5) is 27.1. The van der Waals surface area contributed by atoms with Crippen molar-refractivity contribution in [2.24, 2.45) is 0 Å². The Balaban J connectivity index is 2.02. The van der Waals surface area contributed by atoms with Gasteiger partial charge >= 0.3 is 0 Å². The highest BCUT2D eigenvalue weighted by molar-refractivity contribution is 9.10. The third-order valence-electron chi connectivity index (χ3n) is 4.50. The van der Waals surface area contributed by atoms with Crippen molar-refractivity contribution in [3.05, 3.63) is 76.3 Å². The lowest BCUT2D eigenvalue weighted by Gasteiger charge is -2.22. The highest BCUT2D eigenvalue weighted by Gasteiger charge is 2.39. The molecule has 0 fully saturated rings. The molecule has 0 saturated carbocycles. The number of methoxy groups -OCH3 is 1. The van der Waals surface area contributed by atoms with Gasteiger partial charge in [0.05, 0.1) is 29.5 Å². The first kappa shape index (κ1) is 17.3. The maximum atomic E-state index is 13.0. The predicted molar refractivity (Wildman–Crippen MR) is 105 cm³/mol. The third-order valence-corrected chi connectivity index (χ3v) is 5.14. The predicted octanol–water partition coefficient (Wildman–Crippen LogP) is 4.63. The van der Waals surface area contributed by atoms with Crippen molar-refractivity contribution >= 4 is 33.4 Å². The summed E-state index contributed by atoms with van der Waals surface area (Å²) >= 11 is 3.46. The number of imide groups is 1. The zero-order valence-electron chi connectivity index (χ0n) is 14.3. The first-order valence-electron chi connectivity index (χ1n) is 8.17. The molecular weight excluding hydrogens is 410 g/mol. The van der Waals surface area contributed by atoms with Crippen LogP contribution in [0.15, 0.2) is 65.1 Å². The van der Waals surface area contributed by atoms with Crippen LogP contribution in [0.2, 0.25) is 0 Å². The molecule has 1 N–H and O–H groups in total. The quantitative estimate of drug-likeness (QED) is 0.623. The van der Waals surface area contributed by atoms with E-state index in [1.54, 1.807) is 60.7 Å². The monoisotopic (exact) mass is 423 g/mol. The molecule has 0 saturated heterocycles. The van der Waals surface area contributed by atoms with E-state index in [9.17, 15) is 14.7 Å². The van der Waals surface area contributed by atoms with Crippen molar-refractivity contribution in [1.29, 1.82) is 0 Å². The Bertz CT molecular complexity index is 1060. The van der Waals surface area contributed by atoms with Crippen molar-refractivity contribution in [2.75, 3.05) is 12.0 Å². The Morgan fingerprint density at radius 3 is 1.96 bits per heavy atom. The first-order valence-corrected chi connectivity index (χ1v) is 8.96. The van der Waals surface area contributed by atoms with Gasteiger partial charge in [-0.3, -0.25) is 9.59 Å². The zero-order valence-corrected chi connectivity index (χ0v) is 15.9. The van der Waals surface area contributed by atoms with Crippen LogP contribution in [-0.2, 0) is 0 Å². The minimum atomic E-state index is -0.416. The zero-order chi connectivity index (χ0) is 19.1. The molecule has 3 aromatic carbocycles. The molecule has 3 aromatic rings. The first-order chi connectivity index (χ1) is 13.0. The Morgan fingerprint density at radius 1 is 0.852 bits per heavy atom. The van der Waals surface area contributed by atoms with Gasteiger partial charge in [0, 0.05) is 10.0 Å². The van der Waals surface area contributed by atoms with Crippen LogP contribution in [0.4, 0.5) is 5.69 Å². The summed E-state index contributed by atoms with van der Waals surface area (Å²) < 4.78 is 6.01. The molecule has 1 aliphatic heterocycles. The highest BCUT2D eigenvalue weighted by atomic mass is 79.9. The summed E-state index contributed by atoms with van der Waals surface area (Å²) in [5.41, 5.74) is 1.95. The molecule has 0 bridgehead atoms. The number of benzene rings is 3. The molecular formula is C21H14BrNO4. The number of carbonyl (C=O) groups is 2. The van der Waals surface area contributed by atoms with E-state index >= 15 is 0 Å². The SMILES string of the molecule is COc1ccc(Br)c(N2C(=O)c3ccccc3C2=O)c1-c1ccccc1O. The maximum Gasteiger partial charge on any atom is 0.266 e. The standard InChI is InChI=1S/C21H14BrNO4/c1-27-17-11-10-15(22)19(18(17)14-8-4-5-9-16(14)24)23-20(25)12-6-2-3-7-13(12)21(23)26/h2-11,24H,1H3. The van der Waals surface area contributed by atoms with E-state index in [0.29, 0.717) is 38.2 Å². The number of phenols is 1. The molecule has 1 aliphatic rings. The van der Waals surface area contributed by atoms with Gasteiger partial charge in [-0.05, 0) is 46.3 Å². The van der Waals surface area contributed by atoms with Crippen molar-refractivity contribution in [3.8, 4) is 22.6 Å². The van der Waals surface area contributed by atoms with Gasteiger partial charge in [-0.15, -0.1) is 0 Å². The van der Waals surface area contributed by atoms with Crippen LogP contribution < -0.4 is 9.64 Å². The highest BCUT2D eigenvalue weighted by Crippen LogP contribution is 2.48. The molecule has 0 aliphatic carbocycles. The van der Waals surface area contributed by atoms with Crippen molar-refractivity contribution in [1.82, 2.24) is 0 Å². The lowest BCUT2D eigenvalue weighted by molar-refractivity contribution is 0.0926. The van der Waals surface area contributed by atoms with Crippen LogP contribution in [0.3, 0.4) is 0 Å². The number of amides is 2. The summed E-state index contributed by atoms with van der Waals surface area (Å²) in [6.45, 7) is 0. The Kier molecular flexibility index (Phi) is 4.20. The second kappa shape index (κ2) is 6.55. The van der Waals surface area contributed by atoms with Gasteiger partial charge in [0.1, 0.15) is 11.5 Å². The Labute approximate surface area is 163 Å². The fourth-order valence-corrected chi connectivity index (χ4v) is 3.78. The van der Waals surface area contributed by atoms with E-state index in [1.807, 2.05) is 0 Å². The van der Waals surface area contributed by atoms with Gasteiger partial charge in [-0.25, -0.2) is 4.90 Å². The van der Waals surface area contributed by atoms with Gasteiger partial charge in [0.15, 0.2) is 0 Å². The average molecular weight is 424 g/mol. The van der Waals surface area contributed by atoms with Crippen LogP contribution in [0, 0.1) is 0 Å². The molecule has 0 radical (unpaired) electrons. The van der Waals surface area contributed by atoms with Crippen LogP contribution >= 0.6 is 15.9 Å². The summed E-state index contributed by atoms with van der Waals surface area (Å²) in [6.07, 6.45) is 0. The fraction of sp³-hybridized carbons (Fsp3) is 0.0476. The summed E-state index contributed by atoms with van der Waals surface area (Å²) in [6, 6.07) is 16.8. The van der Waals surface area contributed by atoms with E-state index in [0.717, 1.165) is 4.90 Å². The number of carbonyl (C=O) groups excluding carboxylic acids is 2. The number of halogens is 1. The van der Waals surface area contributed by atoms with E-state index in [-0.39, 0.29) is 5.75 Å². The number of hydrogen-bond acceptors (Lipinski definition) is 4. The summed E-state index contributed by atoms with van der Waals surface area (Å²) in [5.74, 6) is -0.375. The van der Waals surface area contributed by atoms with E-state index in [4.69, 9.17) is 4.74 Å². The van der Waals surface area contributed by atoms with Gasteiger partial charge in [-0.2, -0.15) is 0 Å². The second-order valence-corrected chi connectivity index (χ2v) is 6.84. The summed E-state index contributed by atoms with van der Waals surface area (Å²) in [5, 5.41) is 10.4. The Hall–Kier alpha value is -3.12. The molecule has 5 nitrogen and oxygen atoms in total. The Morgan fingerprint density at radius 2 is 1.41 bits per heavy atom. The van der Waals surface area contributed by atoms with Gasteiger partial charge in [-0.1, -0.05) is 30.3 Å². The molecule has 6 heteroatoms. The molecule has 0 unspecified atom stereocenters. The number of para-hydroxylation sites is 1. The number of fused-ring (bicyclic) bond motifs is 1. The normalized spacial score (nSPS) is 13.0. The smallest absolute Gasteiger partial charge is 0.266 e. The number of rotatable bonds is 3. The average Bonchev–Trinajstić information content (AvgIpc) is 2.93. The third kappa shape index (κ3) is 2.61. The van der Waals surface area contributed by atoms with Crippen molar-refractivity contribution in [3.63, 3.8) is 0 Å². The van der Waals surface area contributed by atoms with Crippen LogP contribution in [0.5, 0.6) is 11.5 Å². The van der Waals surface area contributed by atoms with E-state index in [1.165, 1.54) is 7.11 Å². The molecule has 4 rings (SSSR count). The maximum absolute atomic E-state index is 13.0. The van der Waals surface area contributed by atoms with Crippen LogP contribution in [0.1, 0.15) is 20.7 Å². The van der Waals surface area contributed by atoms with Crippen LogP contribution in [0.25, 0.3) is 11.1 Å². The number of ether oxygens (including phenoxy) is 1. The minimum Gasteiger partial charge on any atom is -0.507 e. The minimum absolute atomic E-state index is 0.0201. The van der Waals surface area contributed by atoms with E-state index in [2.05, 4.69) is 15.9 Å². The number of phenolic OH excluding ortho intramolecular Hbond substituents is 1. The number of anilines is 1. The molecule has 27 heavy (non-hydrogen) atoms. The van der Waals surface area contributed by atoms with Crippen LogP contribution in [-0.4, -0.2) is 24.0 Å². The van der Waals surface area contributed by atoms with Crippen molar-refractivity contribution in [2.45, 2.75) is 0 Å². The van der Waals surface area contributed by atoms with Gasteiger partial charge < -0.3 is 9.84 Å². The molecule has 2 amide bonds. The number of hydrogen-bond donors (Lipinski definition) is 1. The molecule has 0 aromatic heterocycles. The largest absolute Gasteiger partial charge is 0.507 e. The molecule has 134 valence electrons. The molecule has 0 spiro atoms. The topological polar surface area (TPSA) is 66.8 Å². The second-order valence-electron chi connectivity index (χ2n) is 5.98.